The van der Waals surface area contributed by atoms with Gasteiger partial charge in [0.15, 0.2) is 0 Å². The second kappa shape index (κ2) is 10.1. The first-order valence-corrected chi connectivity index (χ1v) is 8.13. The molecule has 1 aromatic carbocycles. The molecule has 0 spiro atoms. The predicted octanol–water partition coefficient (Wildman–Crippen LogP) is 2.72. The Balaban J connectivity index is 0.00000264. The molecule has 1 heterocycles. The van der Waals surface area contributed by atoms with E-state index in [0.717, 1.165) is 25.8 Å². The van der Waals surface area contributed by atoms with Crippen LogP contribution in [-0.2, 0) is 11.3 Å². The third-order valence-electron chi connectivity index (χ3n) is 4.06. The smallest absolute Gasteiger partial charge is 0.221 e. The highest BCUT2D eigenvalue weighted by atomic mass is 35.5. The van der Waals surface area contributed by atoms with Crippen molar-refractivity contribution in [2.75, 3.05) is 19.6 Å². The number of rotatable bonds is 6. The summed E-state index contributed by atoms with van der Waals surface area (Å²) >= 11 is 5.84. The number of carbonyl (C=O) groups excluding carboxylic acids is 1. The lowest BCUT2D eigenvalue weighted by molar-refractivity contribution is -0.121. The first-order chi connectivity index (χ1) is 10.6. The zero-order valence-electron chi connectivity index (χ0n) is 13.1. The number of halogens is 3. The molecule has 1 saturated heterocycles. The van der Waals surface area contributed by atoms with Gasteiger partial charge in [-0.1, -0.05) is 30.2 Å². The van der Waals surface area contributed by atoms with E-state index < -0.39 is 0 Å². The van der Waals surface area contributed by atoms with Crippen molar-refractivity contribution in [3.8, 4) is 0 Å². The van der Waals surface area contributed by atoms with Crippen LogP contribution in [0.1, 0.15) is 31.2 Å². The number of nitrogens with one attached hydrogen (secondary N) is 1. The Morgan fingerprint density at radius 2 is 2.22 bits per heavy atom. The van der Waals surface area contributed by atoms with Crippen LogP contribution >= 0.6 is 24.0 Å². The normalized spacial score (nSPS) is 18.3. The van der Waals surface area contributed by atoms with Gasteiger partial charge in [0.05, 0.1) is 5.02 Å². The Bertz CT molecular complexity index is 516. The van der Waals surface area contributed by atoms with Gasteiger partial charge in [0, 0.05) is 37.7 Å². The van der Waals surface area contributed by atoms with E-state index in [1.165, 1.54) is 0 Å². The van der Waals surface area contributed by atoms with Crippen LogP contribution in [0.15, 0.2) is 18.2 Å². The first kappa shape index (κ1) is 20.2. The molecule has 1 aliphatic heterocycles. The summed E-state index contributed by atoms with van der Waals surface area (Å²) in [6.45, 7) is 2.36. The van der Waals surface area contributed by atoms with Gasteiger partial charge in [-0.25, -0.2) is 4.39 Å². The summed E-state index contributed by atoms with van der Waals surface area (Å²) in [5.41, 5.74) is 5.98. The fourth-order valence-electron chi connectivity index (χ4n) is 2.84. The molecule has 1 aromatic rings. The molecule has 130 valence electrons. The highest BCUT2D eigenvalue weighted by molar-refractivity contribution is 6.30. The van der Waals surface area contributed by atoms with E-state index in [9.17, 15) is 9.18 Å². The highest BCUT2D eigenvalue weighted by Crippen LogP contribution is 2.23. The van der Waals surface area contributed by atoms with E-state index in [1.807, 2.05) is 0 Å². The van der Waals surface area contributed by atoms with Gasteiger partial charge in [-0.2, -0.15) is 0 Å². The number of hydrogen-bond acceptors (Lipinski definition) is 3. The van der Waals surface area contributed by atoms with Gasteiger partial charge in [0.2, 0.25) is 5.91 Å². The Kier molecular flexibility index (Phi) is 8.84. The minimum absolute atomic E-state index is 0. The molecule has 0 radical (unpaired) electrons. The van der Waals surface area contributed by atoms with Gasteiger partial charge < -0.3 is 11.1 Å². The van der Waals surface area contributed by atoms with Crippen molar-refractivity contribution in [2.45, 2.75) is 38.3 Å². The van der Waals surface area contributed by atoms with Crippen molar-refractivity contribution >= 4 is 29.9 Å². The topological polar surface area (TPSA) is 58.4 Å². The number of hydrogen-bond donors (Lipinski definition) is 2. The molecule has 0 saturated carbocycles. The highest BCUT2D eigenvalue weighted by Gasteiger charge is 2.24. The summed E-state index contributed by atoms with van der Waals surface area (Å²) in [4.78, 5) is 13.8. The molecule has 1 unspecified atom stereocenters. The maximum Gasteiger partial charge on any atom is 0.221 e. The minimum atomic E-state index is -0.347. The molecule has 0 aromatic heterocycles. The number of likely N-dealkylation sites (tertiary alicyclic amines) is 1. The number of nitrogens with two attached hydrogens (primary N) is 1. The monoisotopic (exact) mass is 363 g/mol. The largest absolute Gasteiger partial charge is 0.354 e. The van der Waals surface area contributed by atoms with Crippen LogP contribution in [0.3, 0.4) is 0 Å². The van der Waals surface area contributed by atoms with E-state index in [1.54, 1.807) is 18.2 Å². The van der Waals surface area contributed by atoms with Gasteiger partial charge in [-0.05, 0) is 25.5 Å². The molecular formula is C16H24Cl2FN3O. The van der Waals surface area contributed by atoms with Crippen LogP contribution in [0.2, 0.25) is 5.02 Å². The van der Waals surface area contributed by atoms with Crippen molar-refractivity contribution in [3.05, 3.63) is 34.6 Å². The molecule has 1 amide bonds. The van der Waals surface area contributed by atoms with Gasteiger partial charge in [0.1, 0.15) is 5.82 Å². The van der Waals surface area contributed by atoms with Crippen molar-refractivity contribution in [1.82, 2.24) is 10.2 Å². The lowest BCUT2D eigenvalue weighted by atomic mass is 10.0. The molecule has 2 rings (SSSR count). The molecule has 1 aliphatic rings. The average molecular weight is 364 g/mol. The summed E-state index contributed by atoms with van der Waals surface area (Å²) in [7, 11) is 0. The van der Waals surface area contributed by atoms with Crippen molar-refractivity contribution in [2.24, 2.45) is 5.73 Å². The summed E-state index contributed by atoms with van der Waals surface area (Å²) < 4.78 is 14.1. The molecule has 4 nitrogen and oxygen atoms in total. The SMILES string of the molecule is Cl.NCCC(=O)NCC1CCCCN1Cc1cccc(Cl)c1F. The quantitative estimate of drug-likeness (QED) is 0.816. The third kappa shape index (κ3) is 5.92. The van der Waals surface area contributed by atoms with E-state index in [2.05, 4.69) is 10.2 Å². The van der Waals surface area contributed by atoms with Crippen LogP contribution in [-0.4, -0.2) is 36.5 Å². The number of benzene rings is 1. The predicted molar refractivity (Wildman–Crippen MR) is 93.4 cm³/mol. The van der Waals surface area contributed by atoms with Crippen LogP contribution in [0, 0.1) is 5.82 Å². The number of nitrogens with zero attached hydrogens (tertiary/aromatic N) is 1. The van der Waals surface area contributed by atoms with Crippen LogP contribution in [0.25, 0.3) is 0 Å². The third-order valence-corrected chi connectivity index (χ3v) is 4.35. The Morgan fingerprint density at radius 1 is 1.43 bits per heavy atom. The molecule has 1 atom stereocenters. The number of amides is 1. The average Bonchev–Trinajstić information content (AvgIpc) is 2.51. The molecule has 3 N–H and O–H groups in total. The van der Waals surface area contributed by atoms with Crippen molar-refractivity contribution in [1.29, 1.82) is 0 Å². The lowest BCUT2D eigenvalue weighted by Crippen LogP contribution is -2.46. The molecule has 23 heavy (non-hydrogen) atoms. The zero-order valence-corrected chi connectivity index (χ0v) is 14.6. The van der Waals surface area contributed by atoms with E-state index >= 15 is 0 Å². The maximum atomic E-state index is 14.1. The Morgan fingerprint density at radius 3 is 2.96 bits per heavy atom. The summed E-state index contributed by atoms with van der Waals surface area (Å²) in [6.07, 6.45) is 3.57. The van der Waals surface area contributed by atoms with Crippen LogP contribution < -0.4 is 11.1 Å². The van der Waals surface area contributed by atoms with Gasteiger partial charge in [0.25, 0.3) is 0 Å². The first-order valence-electron chi connectivity index (χ1n) is 7.75. The summed E-state index contributed by atoms with van der Waals surface area (Å²) in [5.74, 6) is -0.373. The second-order valence-electron chi connectivity index (χ2n) is 5.68. The minimum Gasteiger partial charge on any atom is -0.354 e. The maximum absolute atomic E-state index is 14.1. The molecule has 0 aliphatic carbocycles. The van der Waals surface area contributed by atoms with Gasteiger partial charge in [-0.3, -0.25) is 9.69 Å². The zero-order chi connectivity index (χ0) is 15.9. The van der Waals surface area contributed by atoms with Crippen molar-refractivity contribution < 1.29 is 9.18 Å². The van der Waals surface area contributed by atoms with E-state index in [4.69, 9.17) is 17.3 Å². The standard InChI is InChI=1S/C16H23ClFN3O.ClH/c17-14-6-3-4-12(16(14)18)11-21-9-2-1-5-13(21)10-20-15(22)7-8-19;/h3-4,6,13H,1-2,5,7-11,19H2,(H,20,22);1H. The second-order valence-corrected chi connectivity index (χ2v) is 6.08. The molecule has 7 heteroatoms. The Labute approximate surface area is 148 Å². The van der Waals surface area contributed by atoms with E-state index in [-0.39, 0.29) is 35.2 Å². The van der Waals surface area contributed by atoms with E-state index in [0.29, 0.717) is 31.6 Å². The number of piperidine rings is 1. The summed E-state index contributed by atoms with van der Waals surface area (Å²) in [5, 5.41) is 3.07. The van der Waals surface area contributed by atoms with Crippen LogP contribution in [0.4, 0.5) is 4.39 Å². The molecular weight excluding hydrogens is 340 g/mol. The summed E-state index contributed by atoms with van der Waals surface area (Å²) in [6, 6.07) is 5.32. The van der Waals surface area contributed by atoms with Gasteiger partial charge >= 0.3 is 0 Å². The molecule has 1 fully saturated rings. The number of carbonyl (C=O) groups is 1. The fourth-order valence-corrected chi connectivity index (χ4v) is 3.03. The molecule has 0 bridgehead atoms. The van der Waals surface area contributed by atoms with Crippen LogP contribution in [0.5, 0.6) is 0 Å². The van der Waals surface area contributed by atoms with Crippen molar-refractivity contribution in [3.63, 3.8) is 0 Å². The lowest BCUT2D eigenvalue weighted by Gasteiger charge is -2.36. The Hall–Kier alpha value is -0.880. The fraction of sp³-hybridized carbons (Fsp3) is 0.562. The van der Waals surface area contributed by atoms with Gasteiger partial charge in [-0.15, -0.1) is 12.4 Å².